The van der Waals surface area contributed by atoms with Gasteiger partial charge >= 0.3 is 0 Å². The van der Waals surface area contributed by atoms with Gasteiger partial charge in [0.2, 0.25) is 15.9 Å². The minimum Gasteiger partial charge on any atom is -0.370 e. The van der Waals surface area contributed by atoms with Crippen molar-refractivity contribution < 1.29 is 13.2 Å². The standard InChI is InChI=1S/C16H31N5O3S/c1-3-18-16(20-8-4-6-13(12-20)10-15(17)22)19-11-14-7-5-9-21(14)25(2,23)24/h13-14H,3-12H2,1-2H3,(H2,17,22)(H,18,19)/t13?,14-/m1/s1. The van der Waals surface area contributed by atoms with Crippen LogP contribution in [0.25, 0.3) is 0 Å². The zero-order chi connectivity index (χ0) is 18.4. The number of piperidine rings is 1. The summed E-state index contributed by atoms with van der Waals surface area (Å²) in [4.78, 5) is 18.1. The van der Waals surface area contributed by atoms with Gasteiger partial charge in [-0.15, -0.1) is 0 Å². The van der Waals surface area contributed by atoms with E-state index in [1.54, 1.807) is 4.31 Å². The van der Waals surface area contributed by atoms with Gasteiger partial charge in [-0.3, -0.25) is 9.79 Å². The first-order valence-corrected chi connectivity index (χ1v) is 10.9. The van der Waals surface area contributed by atoms with Crippen LogP contribution in [-0.4, -0.2) is 74.5 Å². The quantitative estimate of drug-likeness (QED) is 0.502. The van der Waals surface area contributed by atoms with Gasteiger partial charge < -0.3 is 16.0 Å². The third kappa shape index (κ3) is 5.85. The van der Waals surface area contributed by atoms with Crippen molar-refractivity contribution in [3.8, 4) is 0 Å². The molecule has 0 aromatic heterocycles. The molecule has 2 rings (SSSR count). The summed E-state index contributed by atoms with van der Waals surface area (Å²) >= 11 is 0. The third-order valence-corrected chi connectivity index (χ3v) is 6.18. The molecule has 0 aliphatic carbocycles. The van der Waals surface area contributed by atoms with Gasteiger partial charge in [-0.2, -0.15) is 4.31 Å². The molecule has 1 unspecified atom stereocenters. The maximum absolute atomic E-state index is 11.9. The predicted molar refractivity (Wildman–Crippen MR) is 98.7 cm³/mol. The Balaban J connectivity index is 2.03. The van der Waals surface area contributed by atoms with Gasteiger partial charge in [0.05, 0.1) is 12.8 Å². The Hall–Kier alpha value is -1.35. The van der Waals surface area contributed by atoms with Crippen LogP contribution in [0.1, 0.15) is 39.0 Å². The maximum atomic E-state index is 11.9. The van der Waals surface area contributed by atoms with Crippen LogP contribution < -0.4 is 11.1 Å². The number of guanidine groups is 1. The number of aliphatic imine (C=N–C) groups is 1. The lowest BCUT2D eigenvalue weighted by atomic mass is 9.95. The molecule has 9 heteroatoms. The lowest BCUT2D eigenvalue weighted by Crippen LogP contribution is -2.47. The second kappa shape index (κ2) is 8.84. The molecule has 3 N–H and O–H groups in total. The zero-order valence-corrected chi connectivity index (χ0v) is 16.1. The number of sulfonamides is 1. The molecule has 2 aliphatic rings. The molecule has 2 fully saturated rings. The molecule has 2 aliphatic heterocycles. The average Bonchev–Trinajstić information content (AvgIpc) is 3.00. The zero-order valence-electron chi connectivity index (χ0n) is 15.3. The average molecular weight is 374 g/mol. The summed E-state index contributed by atoms with van der Waals surface area (Å²) in [6.45, 7) is 5.46. The van der Waals surface area contributed by atoms with Gasteiger partial charge in [0.25, 0.3) is 0 Å². The van der Waals surface area contributed by atoms with Crippen LogP contribution in [0.15, 0.2) is 4.99 Å². The number of nitrogens with zero attached hydrogens (tertiary/aromatic N) is 3. The van der Waals surface area contributed by atoms with Crippen LogP contribution in [0.4, 0.5) is 0 Å². The van der Waals surface area contributed by atoms with Crippen molar-refractivity contribution in [1.82, 2.24) is 14.5 Å². The summed E-state index contributed by atoms with van der Waals surface area (Å²) < 4.78 is 25.3. The molecule has 8 nitrogen and oxygen atoms in total. The van der Waals surface area contributed by atoms with Crippen LogP contribution in [0.3, 0.4) is 0 Å². The highest BCUT2D eigenvalue weighted by Gasteiger charge is 2.31. The lowest BCUT2D eigenvalue weighted by Gasteiger charge is -2.35. The van der Waals surface area contributed by atoms with E-state index in [-0.39, 0.29) is 17.9 Å². The number of amides is 1. The molecule has 2 atom stereocenters. The van der Waals surface area contributed by atoms with E-state index in [1.807, 2.05) is 6.92 Å². The summed E-state index contributed by atoms with van der Waals surface area (Å²) in [6, 6.07) is -0.0603. The molecular weight excluding hydrogens is 342 g/mol. The first-order chi connectivity index (χ1) is 11.8. The first kappa shape index (κ1) is 20.0. The normalized spacial score (nSPS) is 26.0. The molecule has 0 saturated carbocycles. The molecule has 1 amide bonds. The molecule has 0 radical (unpaired) electrons. The number of primary amides is 1. The fourth-order valence-corrected chi connectivity index (χ4v) is 4.93. The van der Waals surface area contributed by atoms with Crippen molar-refractivity contribution in [2.75, 3.05) is 39.0 Å². The van der Waals surface area contributed by atoms with E-state index in [9.17, 15) is 13.2 Å². The largest absolute Gasteiger partial charge is 0.370 e. The molecule has 0 aromatic carbocycles. The number of nitrogens with two attached hydrogens (primary N) is 1. The van der Waals surface area contributed by atoms with E-state index in [4.69, 9.17) is 10.7 Å². The lowest BCUT2D eigenvalue weighted by molar-refractivity contribution is -0.119. The Labute approximate surface area is 150 Å². The second-order valence-electron chi connectivity index (χ2n) is 6.99. The van der Waals surface area contributed by atoms with Crippen molar-refractivity contribution in [2.24, 2.45) is 16.6 Å². The topological polar surface area (TPSA) is 108 Å². The predicted octanol–water partition coefficient (Wildman–Crippen LogP) is -0.0367. The fourth-order valence-electron chi connectivity index (χ4n) is 3.75. The SMILES string of the molecule is CCNC(=NC[C@H]1CCCN1S(C)(=O)=O)N1CCCC(CC(N)=O)C1. The van der Waals surface area contributed by atoms with Crippen LogP contribution in [0, 0.1) is 5.92 Å². The molecule has 2 heterocycles. The van der Waals surface area contributed by atoms with E-state index in [0.29, 0.717) is 19.5 Å². The Bertz CT molecular complexity index is 593. The van der Waals surface area contributed by atoms with Crippen molar-refractivity contribution in [3.63, 3.8) is 0 Å². The maximum Gasteiger partial charge on any atom is 0.217 e. The molecule has 2 saturated heterocycles. The van der Waals surface area contributed by atoms with Crippen molar-refractivity contribution >= 4 is 21.9 Å². The monoisotopic (exact) mass is 373 g/mol. The van der Waals surface area contributed by atoms with E-state index < -0.39 is 10.0 Å². The number of rotatable bonds is 6. The van der Waals surface area contributed by atoms with E-state index in [1.165, 1.54) is 6.26 Å². The number of carbonyl (C=O) groups excluding carboxylic acids is 1. The Morgan fingerprint density at radius 1 is 1.28 bits per heavy atom. The van der Waals surface area contributed by atoms with Crippen LogP contribution >= 0.6 is 0 Å². The number of hydrogen-bond donors (Lipinski definition) is 2. The summed E-state index contributed by atoms with van der Waals surface area (Å²) in [5.41, 5.74) is 5.34. The van der Waals surface area contributed by atoms with Crippen LogP contribution in [0.2, 0.25) is 0 Å². The smallest absolute Gasteiger partial charge is 0.217 e. The van der Waals surface area contributed by atoms with Gasteiger partial charge in [-0.25, -0.2) is 8.42 Å². The molecule has 144 valence electrons. The third-order valence-electron chi connectivity index (χ3n) is 4.84. The molecular formula is C16H31N5O3S. The van der Waals surface area contributed by atoms with Gasteiger partial charge in [-0.05, 0) is 38.5 Å². The number of hydrogen-bond acceptors (Lipinski definition) is 4. The summed E-state index contributed by atoms with van der Waals surface area (Å²) in [6.07, 6.45) is 5.40. The van der Waals surface area contributed by atoms with Crippen molar-refractivity contribution in [2.45, 2.75) is 45.1 Å². The van der Waals surface area contributed by atoms with E-state index >= 15 is 0 Å². The number of carbonyl (C=O) groups is 1. The second-order valence-corrected chi connectivity index (χ2v) is 8.92. The van der Waals surface area contributed by atoms with Crippen molar-refractivity contribution in [3.05, 3.63) is 0 Å². The molecule has 25 heavy (non-hydrogen) atoms. The van der Waals surface area contributed by atoms with Crippen LogP contribution in [-0.2, 0) is 14.8 Å². The van der Waals surface area contributed by atoms with Gasteiger partial charge in [0.1, 0.15) is 0 Å². The Kier molecular flexibility index (Phi) is 7.06. The van der Waals surface area contributed by atoms with Gasteiger partial charge in [0.15, 0.2) is 5.96 Å². The molecule has 0 spiro atoms. The highest BCUT2D eigenvalue weighted by Crippen LogP contribution is 2.22. The Morgan fingerprint density at radius 3 is 2.64 bits per heavy atom. The van der Waals surface area contributed by atoms with Crippen LogP contribution in [0.5, 0.6) is 0 Å². The molecule has 0 aromatic rings. The highest BCUT2D eigenvalue weighted by atomic mass is 32.2. The molecule has 0 bridgehead atoms. The van der Waals surface area contributed by atoms with E-state index in [0.717, 1.165) is 51.3 Å². The number of nitrogens with one attached hydrogen (secondary N) is 1. The minimum atomic E-state index is -3.18. The van der Waals surface area contributed by atoms with Gasteiger partial charge in [-0.1, -0.05) is 0 Å². The van der Waals surface area contributed by atoms with E-state index in [2.05, 4.69) is 10.2 Å². The Morgan fingerprint density at radius 2 is 2.00 bits per heavy atom. The fraction of sp³-hybridized carbons (Fsp3) is 0.875. The minimum absolute atomic E-state index is 0.0603. The summed E-state index contributed by atoms with van der Waals surface area (Å²) in [7, 11) is -3.18. The number of likely N-dealkylation sites (tertiary alicyclic amines) is 1. The summed E-state index contributed by atoms with van der Waals surface area (Å²) in [5, 5.41) is 3.30. The highest BCUT2D eigenvalue weighted by molar-refractivity contribution is 7.88. The van der Waals surface area contributed by atoms with Gasteiger partial charge in [0, 0.05) is 38.6 Å². The first-order valence-electron chi connectivity index (χ1n) is 9.09. The summed E-state index contributed by atoms with van der Waals surface area (Å²) in [5.74, 6) is 0.801. The van der Waals surface area contributed by atoms with Crippen molar-refractivity contribution in [1.29, 1.82) is 0 Å².